The van der Waals surface area contributed by atoms with Crippen LogP contribution in [0.15, 0.2) is 72.8 Å². The summed E-state index contributed by atoms with van der Waals surface area (Å²) in [6, 6.07) is 26.2. The van der Waals surface area contributed by atoms with Crippen LogP contribution in [0, 0.1) is 27.7 Å². The Morgan fingerprint density at radius 2 is 0.721 bits per heavy atom. The first-order valence-corrected chi connectivity index (χ1v) is 26.2. The zero-order valence-electron chi connectivity index (χ0n) is 26.1. The molecule has 4 aromatic rings. The number of hydrogen-bond acceptors (Lipinski definition) is 8. The number of fused-ring (bicyclic) bond motifs is 2. The van der Waals surface area contributed by atoms with E-state index >= 15 is 0 Å². The van der Waals surface area contributed by atoms with Gasteiger partial charge in [0.05, 0.1) is 0 Å². The van der Waals surface area contributed by atoms with Gasteiger partial charge < -0.3 is 0 Å². The van der Waals surface area contributed by atoms with Crippen LogP contribution in [-0.2, 0) is 0 Å². The van der Waals surface area contributed by atoms with Gasteiger partial charge >= 0.3 is 284 Å². The standard InChI is InChI=1S/4C8H9NO.3Sn.3H/c4*1-6-3-4-7(10-2)5-8(6)9;;;;;;/h4*3-5H,1-2H3;;;;;;. The van der Waals surface area contributed by atoms with Crippen LogP contribution >= 0.6 is 0 Å². The van der Waals surface area contributed by atoms with E-state index in [1.54, 1.807) is 28.4 Å². The summed E-state index contributed by atoms with van der Waals surface area (Å²) in [6.07, 6.45) is 0. The fourth-order valence-corrected chi connectivity index (χ4v) is 113. The first-order valence-electron chi connectivity index (χ1n) is 14.4. The summed E-state index contributed by atoms with van der Waals surface area (Å²) in [5.41, 5.74) is 10.5. The van der Waals surface area contributed by atoms with Crippen molar-refractivity contribution in [2.45, 2.75) is 27.7 Å². The molecule has 3 aliphatic rings. The topological polar surface area (TPSA) is 49.9 Å². The molecular weight excluding hydrogens is 861 g/mol. The van der Waals surface area contributed by atoms with Crippen LogP contribution in [0.1, 0.15) is 22.3 Å². The Hall–Kier alpha value is -2.32. The van der Waals surface area contributed by atoms with Crippen LogP contribution in [0.2, 0.25) is 0 Å². The summed E-state index contributed by atoms with van der Waals surface area (Å²) >= 11 is -7.35. The van der Waals surface area contributed by atoms with Gasteiger partial charge in [-0.05, 0) is 0 Å². The Balaban J connectivity index is 1.63. The molecule has 1 radical (unpaired) electrons. The maximum atomic E-state index is 5.77. The van der Waals surface area contributed by atoms with Crippen molar-refractivity contribution in [1.29, 1.82) is 0 Å². The van der Waals surface area contributed by atoms with Gasteiger partial charge in [-0.2, -0.15) is 0 Å². The third-order valence-electron chi connectivity index (χ3n) is 8.52. The third-order valence-corrected chi connectivity index (χ3v) is 60.6. The van der Waals surface area contributed by atoms with Gasteiger partial charge in [0.15, 0.2) is 0 Å². The van der Waals surface area contributed by atoms with E-state index < -0.39 is 62.8 Å². The Morgan fingerprint density at radius 1 is 0.442 bits per heavy atom. The van der Waals surface area contributed by atoms with E-state index in [0.29, 0.717) is 0 Å². The molecule has 0 aliphatic carbocycles. The van der Waals surface area contributed by atoms with Gasteiger partial charge in [0.1, 0.15) is 0 Å². The number of anilines is 4. The van der Waals surface area contributed by atoms with Crippen molar-refractivity contribution in [3.8, 4) is 23.0 Å². The van der Waals surface area contributed by atoms with E-state index in [1.165, 1.54) is 45.0 Å². The van der Waals surface area contributed by atoms with E-state index in [9.17, 15) is 0 Å². The van der Waals surface area contributed by atoms with Crippen LogP contribution in [0.25, 0.3) is 0 Å². The molecule has 3 fully saturated rings. The molecule has 43 heavy (non-hydrogen) atoms. The molecule has 0 atom stereocenters. The Morgan fingerprint density at radius 3 is 1.02 bits per heavy atom. The molecule has 0 amide bonds. The fourth-order valence-electron chi connectivity index (χ4n) is 6.07. The second-order valence-electron chi connectivity index (χ2n) is 11.0. The van der Waals surface area contributed by atoms with Crippen LogP contribution in [0.3, 0.4) is 0 Å². The number of ether oxygens (including phenoxy) is 4. The molecule has 0 aromatic heterocycles. The van der Waals surface area contributed by atoms with Gasteiger partial charge in [0, 0.05) is 0 Å². The molecule has 0 saturated carbocycles. The number of aryl methyl sites for hydroxylation is 4. The van der Waals surface area contributed by atoms with E-state index in [0.717, 1.165) is 23.0 Å². The maximum absolute atomic E-state index is 5.77. The van der Waals surface area contributed by atoms with Gasteiger partial charge in [-0.3, -0.25) is 0 Å². The van der Waals surface area contributed by atoms with Gasteiger partial charge in [-0.25, -0.2) is 0 Å². The SMILES string of the molecule is COc1ccc(C)c([N]2[SnH][N](c3cc(OC)ccc3C)[SnH]3[N](c4cc(OC)ccc4C)[SnH]2[N]3c2cc(OC)ccc2C)c1. The monoisotopic (exact) mass is 903 g/mol. The quantitative estimate of drug-likeness (QED) is 0.229. The molecule has 0 N–H and O–H groups in total. The summed E-state index contributed by atoms with van der Waals surface area (Å²) < 4.78 is 34.8. The molecule has 3 aliphatic heterocycles. The van der Waals surface area contributed by atoms with Crippen molar-refractivity contribution < 1.29 is 18.9 Å². The zero-order valence-corrected chi connectivity index (χ0v) is 36.0. The van der Waals surface area contributed by atoms with Gasteiger partial charge in [-0.1, -0.05) is 0 Å². The molecule has 7 rings (SSSR count). The summed E-state index contributed by atoms with van der Waals surface area (Å²) in [6.45, 7) is 8.96. The number of nitrogens with zero attached hydrogens (tertiary/aromatic N) is 4. The van der Waals surface area contributed by atoms with Crippen LogP contribution in [0.5, 0.6) is 23.0 Å². The van der Waals surface area contributed by atoms with Crippen LogP contribution in [0.4, 0.5) is 22.7 Å². The second kappa shape index (κ2) is 12.6. The number of rotatable bonds is 8. The summed E-state index contributed by atoms with van der Waals surface area (Å²) in [7, 11) is 7.04. The predicted octanol–water partition coefficient (Wildman–Crippen LogP) is 5.01. The van der Waals surface area contributed by atoms with Crippen molar-refractivity contribution in [2.75, 3.05) is 33.8 Å². The Kier molecular flexibility index (Phi) is 8.98. The average molecular weight is 900 g/mol. The van der Waals surface area contributed by atoms with Crippen LogP contribution in [-0.4, -0.2) is 91.3 Å². The van der Waals surface area contributed by atoms with Crippen molar-refractivity contribution in [1.82, 2.24) is 0 Å². The average Bonchev–Trinajstić information content (AvgIpc) is 3.02. The fraction of sp³-hybridized carbons (Fsp3) is 0.250. The van der Waals surface area contributed by atoms with Crippen molar-refractivity contribution >= 4 is 85.6 Å². The van der Waals surface area contributed by atoms with Gasteiger partial charge in [0.2, 0.25) is 0 Å². The molecule has 223 valence electrons. The van der Waals surface area contributed by atoms with E-state index in [4.69, 9.17) is 18.9 Å². The molecular formula is C32H39N4O4Sn3. The number of benzene rings is 4. The molecule has 0 unspecified atom stereocenters. The molecule has 3 heterocycles. The van der Waals surface area contributed by atoms with Crippen molar-refractivity contribution in [2.24, 2.45) is 0 Å². The minimum atomic E-state index is -2.92. The number of methoxy groups -OCH3 is 4. The van der Waals surface area contributed by atoms with Gasteiger partial charge in [-0.15, -0.1) is 0 Å². The molecule has 2 bridgehead atoms. The number of hydrogen-bond donors (Lipinski definition) is 0. The minimum absolute atomic E-state index is 0.900. The molecule has 8 nitrogen and oxygen atoms in total. The molecule has 0 spiro atoms. The Bertz CT molecular complexity index is 1430. The normalized spacial score (nSPS) is 17.5. The second-order valence-corrected chi connectivity index (χ2v) is 47.8. The van der Waals surface area contributed by atoms with Gasteiger partial charge in [0.25, 0.3) is 0 Å². The Labute approximate surface area is 281 Å². The molecule has 4 aromatic carbocycles. The van der Waals surface area contributed by atoms with E-state index in [2.05, 4.69) is 106 Å². The molecule has 11 heteroatoms. The van der Waals surface area contributed by atoms with E-state index in [1.807, 2.05) is 0 Å². The predicted molar refractivity (Wildman–Crippen MR) is 182 cm³/mol. The molecule has 3 saturated heterocycles. The first kappa shape index (κ1) is 30.7. The van der Waals surface area contributed by atoms with Crippen LogP contribution < -0.4 is 24.3 Å². The summed E-state index contributed by atoms with van der Waals surface area (Å²) in [4.78, 5) is 0. The first-order chi connectivity index (χ1) is 20.8. The van der Waals surface area contributed by atoms with E-state index in [-0.39, 0.29) is 0 Å². The third kappa shape index (κ3) is 5.45. The summed E-state index contributed by atoms with van der Waals surface area (Å²) in [5.74, 6) is 3.61. The zero-order chi connectivity index (χ0) is 30.4. The summed E-state index contributed by atoms with van der Waals surface area (Å²) in [5, 5.41) is 0. The van der Waals surface area contributed by atoms with Crippen molar-refractivity contribution in [3.63, 3.8) is 0 Å². The van der Waals surface area contributed by atoms with Crippen molar-refractivity contribution in [3.05, 3.63) is 95.1 Å².